The van der Waals surface area contributed by atoms with Gasteiger partial charge in [0.2, 0.25) is 10.0 Å². The van der Waals surface area contributed by atoms with E-state index in [1.807, 2.05) is 31.2 Å². The number of unbranched alkanes of at least 4 members (excludes halogenated alkanes) is 1. The van der Waals surface area contributed by atoms with Gasteiger partial charge in [0.15, 0.2) is 0 Å². The monoisotopic (exact) mass is 422 g/mol. The number of amides is 1. The minimum absolute atomic E-state index is 0.110. The second-order valence-corrected chi connectivity index (χ2v) is 9.17. The standard InChI is InChI=1S/C19H19ClN2O3S2/c1-2-3-11-21-27(24,25)14-8-6-7-13(12-14)22-19(23)18-17(20)15-9-4-5-10-16(15)26-18/h4-10,12,21H,2-3,11H2,1H3,(H,22,23). The summed E-state index contributed by atoms with van der Waals surface area (Å²) < 4.78 is 28.2. The molecule has 0 saturated heterocycles. The SMILES string of the molecule is CCCCNS(=O)(=O)c1cccc(NC(=O)c2sc3ccccc3c2Cl)c1. The topological polar surface area (TPSA) is 75.3 Å². The molecular formula is C19H19ClN2O3S2. The molecule has 0 aliphatic carbocycles. The molecule has 2 aromatic carbocycles. The Morgan fingerprint density at radius 2 is 1.93 bits per heavy atom. The van der Waals surface area contributed by atoms with Crippen molar-refractivity contribution in [3.8, 4) is 0 Å². The molecule has 3 rings (SSSR count). The van der Waals surface area contributed by atoms with E-state index < -0.39 is 10.0 Å². The quantitative estimate of drug-likeness (QED) is 0.532. The van der Waals surface area contributed by atoms with Crippen molar-refractivity contribution in [1.82, 2.24) is 4.72 Å². The van der Waals surface area contributed by atoms with Crippen LogP contribution in [0.3, 0.4) is 0 Å². The number of fused-ring (bicyclic) bond motifs is 1. The van der Waals surface area contributed by atoms with Crippen LogP contribution in [0.5, 0.6) is 0 Å². The van der Waals surface area contributed by atoms with Crippen LogP contribution in [0.15, 0.2) is 53.4 Å². The third kappa shape index (κ3) is 4.50. The number of hydrogen-bond acceptors (Lipinski definition) is 4. The fourth-order valence-corrected chi connectivity index (χ4v) is 5.09. The number of carbonyl (C=O) groups is 1. The summed E-state index contributed by atoms with van der Waals surface area (Å²) in [5.74, 6) is -0.366. The highest BCUT2D eigenvalue weighted by Crippen LogP contribution is 2.35. The van der Waals surface area contributed by atoms with Gasteiger partial charge in [-0.2, -0.15) is 0 Å². The number of hydrogen-bond donors (Lipinski definition) is 2. The van der Waals surface area contributed by atoms with E-state index in [0.717, 1.165) is 22.9 Å². The van der Waals surface area contributed by atoms with E-state index in [2.05, 4.69) is 10.0 Å². The van der Waals surface area contributed by atoms with Gasteiger partial charge >= 0.3 is 0 Å². The maximum atomic E-state index is 12.6. The van der Waals surface area contributed by atoms with E-state index in [-0.39, 0.29) is 10.8 Å². The van der Waals surface area contributed by atoms with Crippen LogP contribution < -0.4 is 10.0 Å². The average Bonchev–Trinajstić information content (AvgIpc) is 2.99. The van der Waals surface area contributed by atoms with Gasteiger partial charge in [0.25, 0.3) is 5.91 Å². The summed E-state index contributed by atoms with van der Waals surface area (Å²) in [4.78, 5) is 13.1. The molecule has 0 spiro atoms. The van der Waals surface area contributed by atoms with Crippen LogP contribution in [0.25, 0.3) is 10.1 Å². The molecule has 8 heteroatoms. The Morgan fingerprint density at radius 3 is 2.67 bits per heavy atom. The highest BCUT2D eigenvalue weighted by Gasteiger charge is 2.18. The summed E-state index contributed by atoms with van der Waals surface area (Å²) in [5, 5.41) is 3.96. The van der Waals surface area contributed by atoms with Crippen molar-refractivity contribution in [1.29, 1.82) is 0 Å². The van der Waals surface area contributed by atoms with Crippen molar-refractivity contribution in [2.75, 3.05) is 11.9 Å². The number of thiophene rings is 1. The first-order chi connectivity index (χ1) is 12.9. The van der Waals surface area contributed by atoms with E-state index >= 15 is 0 Å². The maximum Gasteiger partial charge on any atom is 0.267 e. The molecule has 0 fully saturated rings. The van der Waals surface area contributed by atoms with E-state index in [4.69, 9.17) is 11.6 Å². The van der Waals surface area contributed by atoms with E-state index in [0.29, 0.717) is 22.1 Å². The first-order valence-corrected chi connectivity index (χ1v) is 11.2. The number of carbonyl (C=O) groups excluding carboxylic acids is 1. The second kappa shape index (κ2) is 8.39. The molecule has 0 aliphatic heterocycles. The normalized spacial score (nSPS) is 11.6. The molecule has 0 radical (unpaired) electrons. The van der Waals surface area contributed by atoms with E-state index in [1.165, 1.54) is 23.5 Å². The number of anilines is 1. The van der Waals surface area contributed by atoms with Crippen LogP contribution in [-0.2, 0) is 10.0 Å². The number of halogens is 1. The number of rotatable bonds is 7. The van der Waals surface area contributed by atoms with Gasteiger partial charge in [-0.3, -0.25) is 4.79 Å². The molecule has 1 amide bonds. The molecule has 0 atom stereocenters. The lowest BCUT2D eigenvalue weighted by atomic mass is 10.2. The van der Waals surface area contributed by atoms with Crippen molar-refractivity contribution in [2.24, 2.45) is 0 Å². The van der Waals surface area contributed by atoms with E-state index in [9.17, 15) is 13.2 Å². The lowest BCUT2D eigenvalue weighted by Crippen LogP contribution is -2.24. The molecule has 27 heavy (non-hydrogen) atoms. The third-order valence-electron chi connectivity index (χ3n) is 3.97. The molecule has 2 N–H and O–H groups in total. The fourth-order valence-electron chi connectivity index (χ4n) is 2.56. The summed E-state index contributed by atoms with van der Waals surface area (Å²) in [6.07, 6.45) is 1.66. The minimum atomic E-state index is -3.61. The predicted octanol–water partition coefficient (Wildman–Crippen LogP) is 4.89. The highest BCUT2D eigenvalue weighted by molar-refractivity contribution is 7.89. The van der Waals surface area contributed by atoms with Gasteiger partial charge in [-0.05, 0) is 30.7 Å². The summed E-state index contributed by atoms with van der Waals surface area (Å²) in [6, 6.07) is 13.7. The molecule has 1 heterocycles. The molecule has 3 aromatic rings. The third-order valence-corrected chi connectivity index (χ3v) is 7.10. The first kappa shape index (κ1) is 19.8. The zero-order valence-corrected chi connectivity index (χ0v) is 17.0. The maximum absolute atomic E-state index is 12.6. The Labute approximate surface area is 167 Å². The van der Waals surface area contributed by atoms with Crippen LogP contribution in [0.1, 0.15) is 29.4 Å². The average molecular weight is 423 g/mol. The Balaban J connectivity index is 1.81. The lowest BCUT2D eigenvalue weighted by Gasteiger charge is -2.09. The molecule has 0 saturated carbocycles. The Morgan fingerprint density at radius 1 is 1.15 bits per heavy atom. The highest BCUT2D eigenvalue weighted by atomic mass is 35.5. The van der Waals surface area contributed by atoms with Gasteiger partial charge in [0.1, 0.15) is 4.88 Å². The second-order valence-electron chi connectivity index (χ2n) is 5.97. The molecule has 1 aromatic heterocycles. The smallest absolute Gasteiger partial charge is 0.267 e. The molecule has 0 unspecified atom stereocenters. The Hall–Kier alpha value is -1.93. The first-order valence-electron chi connectivity index (χ1n) is 8.50. The van der Waals surface area contributed by atoms with E-state index in [1.54, 1.807) is 12.1 Å². The number of sulfonamides is 1. The van der Waals surface area contributed by atoms with Crippen molar-refractivity contribution in [2.45, 2.75) is 24.7 Å². The summed E-state index contributed by atoms with van der Waals surface area (Å²) in [7, 11) is -3.61. The predicted molar refractivity (Wildman–Crippen MR) is 111 cm³/mol. The molecular weight excluding hydrogens is 404 g/mol. The molecule has 142 valence electrons. The zero-order valence-electron chi connectivity index (χ0n) is 14.7. The van der Waals surface area contributed by atoms with Crippen molar-refractivity contribution in [3.63, 3.8) is 0 Å². The van der Waals surface area contributed by atoms with Crippen molar-refractivity contribution in [3.05, 3.63) is 58.4 Å². The van der Waals surface area contributed by atoms with Crippen LogP contribution in [0.2, 0.25) is 5.02 Å². The fraction of sp³-hybridized carbons (Fsp3) is 0.211. The Kier molecular flexibility index (Phi) is 6.16. The summed E-state index contributed by atoms with van der Waals surface area (Å²) in [5.41, 5.74) is 0.395. The number of nitrogens with one attached hydrogen (secondary N) is 2. The zero-order chi connectivity index (χ0) is 19.4. The Bertz CT molecular complexity index is 1080. The van der Waals surface area contributed by atoms with Crippen molar-refractivity contribution >= 4 is 54.6 Å². The largest absolute Gasteiger partial charge is 0.321 e. The van der Waals surface area contributed by atoms with Gasteiger partial charge in [0, 0.05) is 22.3 Å². The minimum Gasteiger partial charge on any atom is -0.321 e. The summed E-state index contributed by atoms with van der Waals surface area (Å²) in [6.45, 7) is 2.37. The van der Waals surface area contributed by atoms with Crippen LogP contribution >= 0.6 is 22.9 Å². The van der Waals surface area contributed by atoms with Crippen LogP contribution in [0.4, 0.5) is 5.69 Å². The number of benzene rings is 2. The van der Waals surface area contributed by atoms with Gasteiger partial charge in [0.05, 0.1) is 9.92 Å². The molecule has 0 aliphatic rings. The van der Waals surface area contributed by atoms with Crippen molar-refractivity contribution < 1.29 is 13.2 Å². The lowest BCUT2D eigenvalue weighted by molar-refractivity contribution is 0.103. The summed E-state index contributed by atoms with van der Waals surface area (Å²) >= 11 is 7.64. The van der Waals surface area contributed by atoms with Gasteiger partial charge < -0.3 is 5.32 Å². The van der Waals surface area contributed by atoms with Crippen LogP contribution in [-0.4, -0.2) is 20.9 Å². The molecule has 0 bridgehead atoms. The van der Waals surface area contributed by atoms with Crippen LogP contribution in [0, 0.1) is 0 Å². The van der Waals surface area contributed by atoms with Gasteiger partial charge in [-0.1, -0.05) is 49.2 Å². The van der Waals surface area contributed by atoms with Gasteiger partial charge in [-0.25, -0.2) is 13.1 Å². The molecule has 5 nitrogen and oxygen atoms in total. The van der Waals surface area contributed by atoms with Gasteiger partial charge in [-0.15, -0.1) is 11.3 Å².